The summed E-state index contributed by atoms with van der Waals surface area (Å²) in [6, 6.07) is 6.58. The smallest absolute Gasteiger partial charge is 0.289 e. The van der Waals surface area contributed by atoms with Crippen molar-refractivity contribution in [2.24, 2.45) is 5.18 Å². The predicted octanol–water partition coefficient (Wildman–Crippen LogP) is 2.06. The molecule has 1 rings (SSSR count). The van der Waals surface area contributed by atoms with Gasteiger partial charge in [0.1, 0.15) is 0 Å². The number of benzene rings is 1. The lowest BCUT2D eigenvalue weighted by Crippen LogP contribution is -2.04. The zero-order chi connectivity index (χ0) is 10.6. The fraction of sp³-hybridized carbons (Fsp3) is 0.222. The fourth-order valence-electron chi connectivity index (χ4n) is 1.06. The third kappa shape index (κ3) is 2.61. The highest BCUT2D eigenvalue weighted by atomic mass is 35.5. The molecule has 0 aliphatic heterocycles. The van der Waals surface area contributed by atoms with Crippen LogP contribution in [0.25, 0.3) is 0 Å². The molecule has 4 nitrogen and oxygen atoms in total. The topological polar surface area (TPSA) is 66.7 Å². The number of nitrogens with zero attached hydrogens (tertiary/aromatic N) is 1. The van der Waals surface area contributed by atoms with E-state index in [0.717, 1.165) is 0 Å². The Hall–Kier alpha value is -1.26. The number of hydrogen-bond donors (Lipinski definition) is 1. The van der Waals surface area contributed by atoms with E-state index >= 15 is 0 Å². The van der Waals surface area contributed by atoms with Crippen LogP contribution in [0.4, 0.5) is 0 Å². The van der Waals surface area contributed by atoms with Gasteiger partial charge in [0, 0.05) is 10.2 Å². The van der Waals surface area contributed by atoms with Gasteiger partial charge < -0.3 is 5.11 Å². The average molecular weight is 214 g/mol. The second kappa shape index (κ2) is 4.83. The number of halogens is 1. The summed E-state index contributed by atoms with van der Waals surface area (Å²) in [4.78, 5) is 20.4. The van der Waals surface area contributed by atoms with Crippen LogP contribution in [0.1, 0.15) is 18.1 Å². The van der Waals surface area contributed by atoms with Crippen molar-refractivity contribution in [3.63, 3.8) is 0 Å². The van der Waals surface area contributed by atoms with Gasteiger partial charge in [-0.15, -0.1) is 4.91 Å². The largest absolute Gasteiger partial charge is 0.388 e. The highest BCUT2D eigenvalue weighted by molar-refractivity contribution is 6.31. The van der Waals surface area contributed by atoms with Crippen molar-refractivity contribution in [2.75, 3.05) is 0 Å². The first kappa shape index (κ1) is 10.8. The van der Waals surface area contributed by atoms with Crippen molar-refractivity contribution in [2.45, 2.75) is 12.5 Å². The van der Waals surface area contributed by atoms with Crippen LogP contribution in [-0.4, -0.2) is 11.0 Å². The number of aliphatic hydroxyl groups excluding tert-OH is 1. The van der Waals surface area contributed by atoms with Crippen molar-refractivity contribution in [1.82, 2.24) is 0 Å². The summed E-state index contributed by atoms with van der Waals surface area (Å²) in [5.41, 5.74) is 0.422. The summed E-state index contributed by atoms with van der Waals surface area (Å²) in [6.07, 6.45) is -1.42. The van der Waals surface area contributed by atoms with Crippen LogP contribution in [0.5, 0.6) is 0 Å². The van der Waals surface area contributed by atoms with Gasteiger partial charge in [-0.2, -0.15) is 0 Å². The van der Waals surface area contributed by atoms with Crippen LogP contribution >= 0.6 is 11.6 Å². The molecular weight excluding hydrogens is 206 g/mol. The fourth-order valence-corrected chi connectivity index (χ4v) is 1.32. The molecule has 5 heteroatoms. The summed E-state index contributed by atoms with van der Waals surface area (Å²) in [6.45, 7) is 0. The van der Waals surface area contributed by atoms with Crippen molar-refractivity contribution in [3.05, 3.63) is 39.8 Å². The van der Waals surface area contributed by atoms with Crippen molar-refractivity contribution < 1.29 is 9.90 Å². The Morgan fingerprint density at radius 2 is 2.14 bits per heavy atom. The molecule has 0 fully saturated rings. The van der Waals surface area contributed by atoms with E-state index < -0.39 is 12.0 Å². The van der Waals surface area contributed by atoms with Crippen molar-refractivity contribution in [1.29, 1.82) is 0 Å². The Kier molecular flexibility index (Phi) is 3.73. The zero-order valence-electron chi connectivity index (χ0n) is 7.18. The molecule has 0 heterocycles. The number of carbonyl (C=O) groups is 1. The molecule has 0 aliphatic rings. The first-order valence-corrected chi connectivity index (χ1v) is 4.31. The number of amides is 1. The number of rotatable bonds is 3. The maximum atomic E-state index is 10.6. The van der Waals surface area contributed by atoms with Gasteiger partial charge in [-0.25, -0.2) is 0 Å². The second-order valence-electron chi connectivity index (χ2n) is 2.73. The van der Waals surface area contributed by atoms with Crippen LogP contribution in [0.15, 0.2) is 29.4 Å². The van der Waals surface area contributed by atoms with Gasteiger partial charge >= 0.3 is 0 Å². The highest BCUT2D eigenvalue weighted by Gasteiger charge is 2.15. The molecule has 0 saturated heterocycles. The van der Waals surface area contributed by atoms with E-state index in [1.807, 2.05) is 0 Å². The van der Waals surface area contributed by atoms with Gasteiger partial charge in [-0.05, 0) is 11.6 Å². The Balaban J connectivity index is 2.79. The standard InChI is InChI=1S/C9H8ClNO3/c10-7-4-2-1-3-6(7)8(12)5-9(13)11-14/h1-4,8,12H,5H2. The van der Waals surface area contributed by atoms with Crippen molar-refractivity contribution in [3.8, 4) is 0 Å². The molecule has 0 saturated carbocycles. The Labute approximate surface area is 85.5 Å². The van der Waals surface area contributed by atoms with Gasteiger partial charge in [-0.1, -0.05) is 29.8 Å². The van der Waals surface area contributed by atoms with Gasteiger partial charge in [0.25, 0.3) is 5.91 Å². The second-order valence-corrected chi connectivity index (χ2v) is 3.13. The van der Waals surface area contributed by atoms with E-state index in [-0.39, 0.29) is 6.42 Å². The maximum Gasteiger partial charge on any atom is 0.289 e. The summed E-state index contributed by atoms with van der Waals surface area (Å²) in [7, 11) is 0. The number of nitroso groups, excluding NO2 is 1. The van der Waals surface area contributed by atoms with Crippen molar-refractivity contribution >= 4 is 17.5 Å². The van der Waals surface area contributed by atoms with Gasteiger partial charge in [0.2, 0.25) is 0 Å². The van der Waals surface area contributed by atoms with E-state index in [2.05, 4.69) is 5.18 Å². The van der Waals surface area contributed by atoms with E-state index in [4.69, 9.17) is 11.6 Å². The monoisotopic (exact) mass is 213 g/mol. The van der Waals surface area contributed by atoms with Gasteiger partial charge in [0.05, 0.1) is 12.5 Å². The minimum atomic E-state index is -1.08. The molecule has 1 aromatic carbocycles. The Morgan fingerprint density at radius 3 is 2.71 bits per heavy atom. The lowest BCUT2D eigenvalue weighted by Gasteiger charge is -2.09. The van der Waals surface area contributed by atoms with E-state index in [1.165, 1.54) is 0 Å². The normalized spacial score (nSPS) is 12.1. The molecule has 0 radical (unpaired) electrons. The molecular formula is C9H8ClNO3. The van der Waals surface area contributed by atoms with E-state index in [1.54, 1.807) is 24.3 Å². The third-order valence-corrected chi connectivity index (χ3v) is 2.08. The SMILES string of the molecule is O=NC(=O)CC(O)c1ccccc1Cl. The zero-order valence-corrected chi connectivity index (χ0v) is 7.94. The molecule has 0 bridgehead atoms. The van der Waals surface area contributed by atoms with Crippen LogP contribution in [0.3, 0.4) is 0 Å². The minimum absolute atomic E-state index is 0.340. The minimum Gasteiger partial charge on any atom is -0.388 e. The molecule has 1 N–H and O–H groups in total. The van der Waals surface area contributed by atoms with E-state index in [0.29, 0.717) is 10.6 Å². The quantitative estimate of drug-likeness (QED) is 0.782. The Morgan fingerprint density at radius 1 is 1.50 bits per heavy atom. The molecule has 74 valence electrons. The van der Waals surface area contributed by atoms with Crippen LogP contribution in [0, 0.1) is 4.91 Å². The van der Waals surface area contributed by atoms with E-state index in [9.17, 15) is 14.8 Å². The average Bonchev–Trinajstić information content (AvgIpc) is 2.18. The number of carbonyl (C=O) groups excluding carboxylic acids is 1. The molecule has 0 aromatic heterocycles. The number of aliphatic hydroxyl groups is 1. The molecule has 0 spiro atoms. The Bertz CT molecular complexity index is 354. The molecule has 1 atom stereocenters. The van der Waals surface area contributed by atoms with Crippen LogP contribution < -0.4 is 0 Å². The predicted molar refractivity (Wildman–Crippen MR) is 51.8 cm³/mol. The van der Waals surface area contributed by atoms with Gasteiger partial charge in [0.15, 0.2) is 0 Å². The lowest BCUT2D eigenvalue weighted by atomic mass is 10.1. The van der Waals surface area contributed by atoms with Gasteiger partial charge in [-0.3, -0.25) is 4.79 Å². The number of hydrogen-bond acceptors (Lipinski definition) is 3. The first-order chi connectivity index (χ1) is 6.65. The maximum absolute atomic E-state index is 10.6. The summed E-state index contributed by atoms with van der Waals surface area (Å²) in [5.74, 6) is -0.891. The molecule has 14 heavy (non-hydrogen) atoms. The summed E-state index contributed by atoms with van der Waals surface area (Å²) in [5, 5.41) is 12.1. The molecule has 1 amide bonds. The molecule has 1 unspecified atom stereocenters. The third-order valence-electron chi connectivity index (χ3n) is 1.73. The molecule has 1 aromatic rings. The first-order valence-electron chi connectivity index (χ1n) is 3.94. The molecule has 0 aliphatic carbocycles. The van der Waals surface area contributed by atoms with Crippen LogP contribution in [-0.2, 0) is 4.79 Å². The summed E-state index contributed by atoms with van der Waals surface area (Å²) >= 11 is 5.77. The van der Waals surface area contributed by atoms with Crippen LogP contribution in [0.2, 0.25) is 5.02 Å². The lowest BCUT2D eigenvalue weighted by molar-refractivity contribution is -0.119. The summed E-state index contributed by atoms with van der Waals surface area (Å²) < 4.78 is 0. The highest BCUT2D eigenvalue weighted by Crippen LogP contribution is 2.24.